The molecule has 2 atom stereocenters. The lowest BCUT2D eigenvalue weighted by atomic mass is 9.84. The summed E-state index contributed by atoms with van der Waals surface area (Å²) >= 11 is -1.49. The van der Waals surface area contributed by atoms with Gasteiger partial charge in [-0.3, -0.25) is 4.90 Å². The molecule has 3 aromatic carbocycles. The summed E-state index contributed by atoms with van der Waals surface area (Å²) < 4.78 is 29.6. The third-order valence-electron chi connectivity index (χ3n) is 6.40. The normalized spacial score (nSPS) is 17.2. The summed E-state index contributed by atoms with van der Waals surface area (Å²) in [4.78, 5) is 2.53. The van der Waals surface area contributed by atoms with E-state index in [1.54, 1.807) is 14.2 Å². The second-order valence-corrected chi connectivity index (χ2v) is 9.36. The molecule has 5 nitrogen and oxygen atoms in total. The van der Waals surface area contributed by atoms with E-state index in [9.17, 15) is 4.21 Å². The van der Waals surface area contributed by atoms with Crippen molar-refractivity contribution in [1.82, 2.24) is 4.90 Å². The Hall–Kier alpha value is -2.83. The SMILES string of the molecule is CC.COc1ccc2c(c1)CCN1Cc3cc(OC)c(OS(=O)Cc4ccccc4)cc3CC21. The minimum atomic E-state index is -1.49. The maximum Gasteiger partial charge on any atom is 0.211 e. The summed E-state index contributed by atoms with van der Waals surface area (Å²) in [5.74, 6) is 2.42. The predicted octanol–water partition coefficient (Wildman–Crippen LogP) is 5.63. The number of hydrogen-bond acceptors (Lipinski definition) is 5. The van der Waals surface area contributed by atoms with E-state index in [-0.39, 0.29) is 0 Å². The Labute approximate surface area is 205 Å². The van der Waals surface area contributed by atoms with Gasteiger partial charge in [-0.15, -0.1) is 0 Å². The monoisotopic (exact) mass is 479 g/mol. The molecule has 5 rings (SSSR count). The molecule has 3 aromatic rings. The van der Waals surface area contributed by atoms with E-state index in [0.717, 1.165) is 37.2 Å². The first-order valence-electron chi connectivity index (χ1n) is 11.9. The lowest BCUT2D eigenvalue weighted by molar-refractivity contribution is 0.160. The average Bonchev–Trinajstić information content (AvgIpc) is 2.88. The lowest BCUT2D eigenvalue weighted by Gasteiger charge is -2.41. The average molecular weight is 480 g/mol. The molecular weight excluding hydrogens is 446 g/mol. The van der Waals surface area contributed by atoms with Crippen LogP contribution >= 0.6 is 0 Å². The lowest BCUT2D eigenvalue weighted by Crippen LogP contribution is -2.39. The topological polar surface area (TPSA) is 48.0 Å². The van der Waals surface area contributed by atoms with Gasteiger partial charge in [-0.05, 0) is 64.9 Å². The summed E-state index contributed by atoms with van der Waals surface area (Å²) in [5, 5.41) is 0. The summed E-state index contributed by atoms with van der Waals surface area (Å²) in [6, 6.07) is 20.5. The number of ether oxygens (including phenoxy) is 2. The largest absolute Gasteiger partial charge is 0.497 e. The van der Waals surface area contributed by atoms with Gasteiger partial charge in [-0.2, -0.15) is 0 Å². The molecule has 0 fully saturated rings. The van der Waals surface area contributed by atoms with Crippen LogP contribution in [0.15, 0.2) is 60.7 Å². The Morgan fingerprint density at radius 2 is 1.68 bits per heavy atom. The van der Waals surface area contributed by atoms with Gasteiger partial charge in [0.15, 0.2) is 11.5 Å². The van der Waals surface area contributed by atoms with Crippen molar-refractivity contribution in [3.63, 3.8) is 0 Å². The molecule has 2 aliphatic heterocycles. The minimum Gasteiger partial charge on any atom is -0.497 e. The molecule has 2 heterocycles. The van der Waals surface area contributed by atoms with Crippen molar-refractivity contribution >= 4 is 11.1 Å². The van der Waals surface area contributed by atoms with Gasteiger partial charge in [-0.25, -0.2) is 4.21 Å². The maximum absolute atomic E-state index is 12.7. The molecule has 0 bridgehead atoms. The second kappa shape index (κ2) is 11.1. The van der Waals surface area contributed by atoms with E-state index in [1.807, 2.05) is 62.4 Å². The molecule has 34 heavy (non-hydrogen) atoms. The zero-order valence-corrected chi connectivity index (χ0v) is 21.2. The zero-order chi connectivity index (χ0) is 24.1. The molecule has 0 aliphatic carbocycles. The molecule has 6 heteroatoms. The van der Waals surface area contributed by atoms with Crippen molar-refractivity contribution in [2.75, 3.05) is 20.8 Å². The van der Waals surface area contributed by atoms with Crippen LogP contribution in [0, 0.1) is 0 Å². The van der Waals surface area contributed by atoms with E-state index in [1.165, 1.54) is 22.3 Å². The fraction of sp³-hybridized carbons (Fsp3) is 0.357. The summed E-state index contributed by atoms with van der Waals surface area (Å²) in [5.41, 5.74) is 6.18. The van der Waals surface area contributed by atoms with Gasteiger partial charge in [0, 0.05) is 19.1 Å². The first-order valence-corrected chi connectivity index (χ1v) is 13.1. The Kier molecular flexibility index (Phi) is 7.91. The van der Waals surface area contributed by atoms with Crippen molar-refractivity contribution < 1.29 is 17.9 Å². The quantitative estimate of drug-likeness (QED) is 0.459. The van der Waals surface area contributed by atoms with Crippen LogP contribution in [0.3, 0.4) is 0 Å². The number of nitrogens with zero attached hydrogens (tertiary/aromatic N) is 1. The summed E-state index contributed by atoms with van der Waals surface area (Å²) in [6.07, 6.45) is 1.91. The first-order chi connectivity index (χ1) is 16.6. The second-order valence-electron chi connectivity index (χ2n) is 8.29. The fourth-order valence-corrected chi connectivity index (χ4v) is 5.62. The van der Waals surface area contributed by atoms with Crippen molar-refractivity contribution in [2.24, 2.45) is 0 Å². The van der Waals surface area contributed by atoms with Crippen molar-refractivity contribution in [3.8, 4) is 17.2 Å². The Balaban J connectivity index is 0.00000133. The molecule has 0 spiro atoms. The van der Waals surface area contributed by atoms with Crippen LogP contribution in [0.1, 0.15) is 47.7 Å². The molecule has 180 valence electrons. The summed E-state index contributed by atoms with van der Waals surface area (Å²) in [6.45, 7) is 5.89. The molecule has 0 saturated heterocycles. The van der Waals surface area contributed by atoms with E-state index in [4.69, 9.17) is 13.7 Å². The zero-order valence-electron chi connectivity index (χ0n) is 20.4. The molecule has 0 amide bonds. The third-order valence-corrected chi connectivity index (χ3v) is 7.34. The number of fused-ring (bicyclic) bond motifs is 4. The molecule has 2 aliphatic rings. The van der Waals surface area contributed by atoms with Crippen molar-refractivity contribution in [3.05, 3.63) is 88.5 Å². The van der Waals surface area contributed by atoms with Crippen LogP contribution in [-0.2, 0) is 36.2 Å². The summed E-state index contributed by atoms with van der Waals surface area (Å²) in [7, 11) is 3.34. The minimum absolute atomic E-state index is 0.327. The van der Waals surface area contributed by atoms with E-state index < -0.39 is 11.1 Å². The standard InChI is InChI=1S/C26H27NO4S.C2H6/c1-29-22-8-9-23-19(12-22)10-11-27-16-21-15-25(30-2)26(14-20(21)13-24(23)27)31-32(28)17-18-6-4-3-5-7-18;1-2/h3-9,12,14-15,24H,10-11,13,16-17H2,1-2H3;1-2H3. The molecule has 0 radical (unpaired) electrons. The molecular formula is C28H33NO4S. The van der Waals surface area contributed by atoms with Crippen LogP contribution in [0.5, 0.6) is 17.2 Å². The van der Waals surface area contributed by atoms with Crippen LogP contribution in [0.4, 0.5) is 0 Å². The highest BCUT2D eigenvalue weighted by atomic mass is 32.2. The molecule has 0 N–H and O–H groups in total. The van der Waals surface area contributed by atoms with Crippen LogP contribution < -0.4 is 13.7 Å². The van der Waals surface area contributed by atoms with Gasteiger partial charge in [0.25, 0.3) is 0 Å². The molecule has 0 saturated carbocycles. The number of benzene rings is 3. The predicted molar refractivity (Wildman–Crippen MR) is 137 cm³/mol. The molecule has 0 aromatic heterocycles. The van der Waals surface area contributed by atoms with E-state index >= 15 is 0 Å². The smallest absolute Gasteiger partial charge is 0.211 e. The van der Waals surface area contributed by atoms with Gasteiger partial charge in [0.1, 0.15) is 5.75 Å². The van der Waals surface area contributed by atoms with Crippen LogP contribution in [0.2, 0.25) is 0 Å². The Bertz CT molecular complexity index is 1150. The van der Waals surface area contributed by atoms with Crippen molar-refractivity contribution in [1.29, 1.82) is 0 Å². The number of rotatable bonds is 6. The van der Waals surface area contributed by atoms with Gasteiger partial charge < -0.3 is 13.7 Å². The maximum atomic E-state index is 12.7. The highest BCUT2D eigenvalue weighted by molar-refractivity contribution is 7.79. The van der Waals surface area contributed by atoms with Gasteiger partial charge in [-0.1, -0.05) is 50.2 Å². The Morgan fingerprint density at radius 1 is 0.912 bits per heavy atom. The van der Waals surface area contributed by atoms with E-state index in [0.29, 0.717) is 23.3 Å². The number of hydrogen-bond donors (Lipinski definition) is 0. The fourth-order valence-electron chi connectivity index (χ4n) is 4.77. The van der Waals surface area contributed by atoms with Gasteiger partial charge in [0.2, 0.25) is 11.1 Å². The molecule has 2 unspecified atom stereocenters. The number of methoxy groups -OCH3 is 2. The van der Waals surface area contributed by atoms with Crippen molar-refractivity contribution in [2.45, 2.75) is 45.0 Å². The highest BCUT2D eigenvalue weighted by Crippen LogP contribution is 2.42. The van der Waals surface area contributed by atoms with E-state index in [2.05, 4.69) is 17.0 Å². The van der Waals surface area contributed by atoms with Gasteiger partial charge >= 0.3 is 0 Å². The van der Waals surface area contributed by atoms with Gasteiger partial charge in [0.05, 0.1) is 20.0 Å². The highest BCUT2D eigenvalue weighted by Gasteiger charge is 2.33. The third kappa shape index (κ3) is 5.13. The Morgan fingerprint density at radius 3 is 2.41 bits per heavy atom. The van der Waals surface area contributed by atoms with Crippen LogP contribution in [0.25, 0.3) is 0 Å². The first kappa shape index (κ1) is 24.3. The van der Waals surface area contributed by atoms with Crippen LogP contribution in [-0.4, -0.2) is 29.9 Å².